The molecule has 0 aromatic heterocycles. The van der Waals surface area contributed by atoms with Crippen LogP contribution in [0.5, 0.6) is 0 Å². The number of ether oxygens (including phenoxy) is 1. The van der Waals surface area contributed by atoms with Crippen molar-refractivity contribution in [3.8, 4) is 0 Å². The van der Waals surface area contributed by atoms with Crippen molar-refractivity contribution in [3.63, 3.8) is 0 Å². The van der Waals surface area contributed by atoms with Crippen LogP contribution in [-0.2, 0) is 24.8 Å². The Morgan fingerprint density at radius 3 is 1.80 bits per heavy atom. The van der Waals surface area contributed by atoms with Crippen LogP contribution in [0, 0.1) is 25.2 Å². The summed E-state index contributed by atoms with van der Waals surface area (Å²) in [6.07, 6.45) is 3.00. The third-order valence-electron chi connectivity index (χ3n) is 5.14. The molecule has 1 heterocycles. The van der Waals surface area contributed by atoms with E-state index in [1.54, 1.807) is 0 Å². The predicted molar refractivity (Wildman–Crippen MR) is 131 cm³/mol. The van der Waals surface area contributed by atoms with Crippen LogP contribution in [0.25, 0.3) is 0 Å². The third-order valence-corrected chi connectivity index (χ3v) is 8.43. The molecule has 0 amide bonds. The van der Waals surface area contributed by atoms with E-state index in [1.165, 1.54) is 10.6 Å². The smallest absolute Gasteiger partial charge is 0.193 e. The maximum absolute atomic E-state index is 6.03. The van der Waals surface area contributed by atoms with Gasteiger partial charge in [-0.2, -0.15) is 0 Å². The number of nitrogens with zero attached hydrogens (tertiary/aromatic N) is 1. The van der Waals surface area contributed by atoms with Gasteiger partial charge in [-0.3, -0.25) is 0 Å². The van der Waals surface area contributed by atoms with Gasteiger partial charge in [0.25, 0.3) is 0 Å². The van der Waals surface area contributed by atoms with Crippen LogP contribution in [0.4, 0.5) is 0 Å². The van der Waals surface area contributed by atoms with Crippen molar-refractivity contribution >= 4 is 24.4 Å². The molecule has 0 fully saturated rings. The first-order valence-corrected chi connectivity index (χ1v) is 12.4. The Kier molecular flexibility index (Phi) is 12.1. The van der Waals surface area contributed by atoms with Crippen LogP contribution >= 0.6 is 7.92 Å². The van der Waals surface area contributed by atoms with Crippen molar-refractivity contribution in [1.82, 2.24) is 0 Å². The molecule has 2 aromatic carbocycles. The molecule has 0 N–H and O–H groups in total. The topological polar surface area (TPSA) is 21.6 Å². The minimum atomic E-state index is -0.891. The Labute approximate surface area is 199 Å². The molecule has 0 aliphatic carbocycles. The second-order valence-corrected chi connectivity index (χ2v) is 11.0. The van der Waals surface area contributed by atoms with E-state index < -0.39 is 7.92 Å². The second kappa shape index (κ2) is 13.4. The van der Waals surface area contributed by atoms with Gasteiger partial charge in [0, 0.05) is 20.1 Å². The van der Waals surface area contributed by atoms with Gasteiger partial charge >= 0.3 is 0 Å². The predicted octanol–water partition coefficient (Wildman–Crippen LogP) is 5.76. The van der Waals surface area contributed by atoms with E-state index in [1.807, 2.05) is 0 Å². The molecule has 2 aromatic rings. The Balaban J connectivity index is 0.000000827. The molecule has 1 radical (unpaired) electrons. The van der Waals surface area contributed by atoms with Crippen LogP contribution in [0.1, 0.15) is 40.5 Å². The van der Waals surface area contributed by atoms with Crippen LogP contribution in [0.2, 0.25) is 0 Å². The average molecular weight is 603 g/mol. The van der Waals surface area contributed by atoms with Crippen LogP contribution in [0.3, 0.4) is 0 Å². The molecule has 2 nitrogen and oxygen atoms in total. The standard InChI is InChI=1S/C22H28NOP.C4H8.Ir/c1-17(2)20-15-24-21(23-20)22(3,4)16-25(18-11-7-5-8-12-18)19-13-9-6-10-14-19;1-3-4-2;/h5-14,17,20H,15-16H2,1-4H3;1-4H2;/q;-2;/p+1/t20-;;/m1../s1. The molecule has 167 valence electrons. The summed E-state index contributed by atoms with van der Waals surface area (Å²) in [6, 6.07) is 22.2. The maximum Gasteiger partial charge on any atom is 0.193 e. The molecular formula is C26H37IrNOP-. The van der Waals surface area contributed by atoms with Gasteiger partial charge in [-0.1, -0.05) is 50.2 Å². The van der Waals surface area contributed by atoms with Crippen molar-refractivity contribution < 1.29 is 24.8 Å². The summed E-state index contributed by atoms with van der Waals surface area (Å²) in [5.74, 6) is 1.47. The molecule has 0 unspecified atom stereocenters. The van der Waals surface area contributed by atoms with Gasteiger partial charge < -0.3 is 18.6 Å². The zero-order valence-electron chi connectivity index (χ0n) is 18.9. The summed E-state index contributed by atoms with van der Waals surface area (Å²) >= 11 is 0. The molecular weight excluding hydrogens is 565 g/mol. The van der Waals surface area contributed by atoms with E-state index in [0.717, 1.165) is 31.5 Å². The Morgan fingerprint density at radius 1 is 0.967 bits per heavy atom. The van der Waals surface area contributed by atoms with Gasteiger partial charge in [-0.05, 0) is 44.0 Å². The van der Waals surface area contributed by atoms with Crippen LogP contribution in [0.15, 0.2) is 65.7 Å². The molecule has 0 saturated heterocycles. The van der Waals surface area contributed by atoms with E-state index in [4.69, 9.17) is 9.73 Å². The van der Waals surface area contributed by atoms with Gasteiger partial charge in [0.1, 0.15) is 6.61 Å². The van der Waals surface area contributed by atoms with E-state index in [0.29, 0.717) is 12.0 Å². The summed E-state index contributed by atoms with van der Waals surface area (Å²) in [7, 11) is -0.891. The molecule has 1 aliphatic rings. The fourth-order valence-electron chi connectivity index (χ4n) is 3.27. The zero-order valence-corrected chi connectivity index (χ0v) is 22.3. The van der Waals surface area contributed by atoms with Crippen LogP contribution < -0.4 is 10.6 Å². The number of aliphatic imine (C=N–C) groups is 1. The summed E-state index contributed by atoms with van der Waals surface area (Å²) in [5.41, 5.74) is -0.0520. The number of benzene rings is 2. The molecule has 0 spiro atoms. The summed E-state index contributed by atoms with van der Waals surface area (Å²) in [6.45, 7) is 16.8. The minimum Gasteiger partial charge on any atom is -0.478 e. The van der Waals surface area contributed by atoms with Crippen molar-refractivity contribution in [1.29, 1.82) is 0 Å². The van der Waals surface area contributed by atoms with Gasteiger partial charge in [-0.15, -0.1) is 0 Å². The Hall–Kier alpha value is -1.01. The van der Waals surface area contributed by atoms with Gasteiger partial charge in [0.2, 0.25) is 0 Å². The quantitative estimate of drug-likeness (QED) is 0.292. The largest absolute Gasteiger partial charge is 0.478 e. The molecule has 1 atom stereocenters. The summed E-state index contributed by atoms with van der Waals surface area (Å²) in [4.78, 5) is 4.91. The van der Waals surface area contributed by atoms with E-state index in [2.05, 4.69) is 102 Å². The molecule has 3 rings (SSSR count). The fraction of sp³-hybridized carbons (Fsp3) is 0.423. The number of unbranched alkanes of at least 4 members (excludes halogenated alkanes) is 1. The first-order chi connectivity index (χ1) is 13.9. The number of hydrogen-bond donors (Lipinski definition) is 0. The normalized spacial score (nSPS) is 15.7. The van der Waals surface area contributed by atoms with Gasteiger partial charge in [0.05, 0.1) is 36.1 Å². The van der Waals surface area contributed by atoms with Crippen molar-refractivity contribution in [2.75, 3.05) is 12.8 Å². The summed E-state index contributed by atoms with van der Waals surface area (Å²) < 4.78 is 6.03. The van der Waals surface area contributed by atoms with Gasteiger partial charge in [0.15, 0.2) is 5.90 Å². The third kappa shape index (κ3) is 7.92. The Bertz CT molecular complexity index is 705. The number of hydrogen-bond acceptors (Lipinski definition) is 2. The van der Waals surface area contributed by atoms with Crippen molar-refractivity contribution in [3.05, 3.63) is 74.5 Å². The van der Waals surface area contributed by atoms with Crippen molar-refractivity contribution in [2.24, 2.45) is 16.3 Å². The monoisotopic (exact) mass is 603 g/mol. The first kappa shape index (κ1) is 27.0. The zero-order chi connectivity index (χ0) is 21.3. The number of rotatable bonds is 7. The van der Waals surface area contributed by atoms with Crippen LogP contribution in [-0.4, -0.2) is 24.7 Å². The second-order valence-electron chi connectivity index (χ2n) is 8.53. The fourth-order valence-corrected chi connectivity index (χ4v) is 6.23. The molecule has 30 heavy (non-hydrogen) atoms. The summed E-state index contributed by atoms with van der Waals surface area (Å²) in [5, 5.41) is 2.90. The SMILES string of the molecule is CC(C)[C@H]1COC(C(C)(C)C[PH+](c2ccccc2)c2ccccc2)=N1.[CH2-]CC[CH2-].[Ir]. The molecule has 4 heteroatoms. The van der Waals surface area contributed by atoms with E-state index in [9.17, 15) is 0 Å². The molecule has 0 bridgehead atoms. The Morgan fingerprint density at radius 2 is 1.43 bits per heavy atom. The molecule has 1 aliphatic heterocycles. The first-order valence-electron chi connectivity index (χ1n) is 10.6. The van der Waals surface area contributed by atoms with E-state index in [-0.39, 0.29) is 25.5 Å². The minimum absolute atomic E-state index is 0. The van der Waals surface area contributed by atoms with Crippen molar-refractivity contribution in [2.45, 2.75) is 46.6 Å². The van der Waals surface area contributed by atoms with Gasteiger partial charge in [-0.25, -0.2) is 17.8 Å². The molecule has 0 saturated carbocycles. The average Bonchev–Trinajstić information content (AvgIpc) is 3.25. The van der Waals surface area contributed by atoms with E-state index >= 15 is 0 Å². The maximum atomic E-state index is 6.03.